The summed E-state index contributed by atoms with van der Waals surface area (Å²) in [6.45, 7) is 6.88. The second-order valence-corrected chi connectivity index (χ2v) is 6.60. The summed E-state index contributed by atoms with van der Waals surface area (Å²) in [4.78, 5) is 9.60. The summed E-state index contributed by atoms with van der Waals surface area (Å²) in [5, 5.41) is 10.7. The van der Waals surface area contributed by atoms with Gasteiger partial charge < -0.3 is 5.11 Å². The number of carboxylic acids is 1. The van der Waals surface area contributed by atoms with E-state index in [0.29, 0.717) is 0 Å². The van der Waals surface area contributed by atoms with Crippen molar-refractivity contribution in [3.63, 3.8) is 0 Å². The van der Waals surface area contributed by atoms with Crippen molar-refractivity contribution < 1.29 is 9.90 Å². The van der Waals surface area contributed by atoms with Gasteiger partial charge in [-0.2, -0.15) is 0 Å². The minimum Gasteiger partial charge on any atom is -0.478 e. The van der Waals surface area contributed by atoms with E-state index in [-0.39, 0.29) is 5.57 Å². The van der Waals surface area contributed by atoms with E-state index in [4.69, 9.17) is 5.11 Å². The third-order valence-corrected chi connectivity index (χ3v) is 4.29. The number of carbonyl (C=O) groups is 1. The average molecular weight is 341 g/mol. The molecular weight excluding hydrogens is 308 g/mol. The highest BCUT2D eigenvalue weighted by atomic mass is 16.4. The Kier molecular flexibility index (Phi) is 10.3. The largest absolute Gasteiger partial charge is 0.478 e. The fourth-order valence-electron chi connectivity index (χ4n) is 2.78. The van der Waals surface area contributed by atoms with Crippen LogP contribution in [-0.4, -0.2) is 11.1 Å². The van der Waals surface area contributed by atoms with Gasteiger partial charge in [-0.1, -0.05) is 94.5 Å². The number of hydrogen-bond acceptors (Lipinski definition) is 1. The molecule has 25 heavy (non-hydrogen) atoms. The van der Waals surface area contributed by atoms with Crippen molar-refractivity contribution in [3.05, 3.63) is 60.2 Å². The quantitative estimate of drug-likeness (QED) is 0.403. The number of aliphatic carboxylic acids is 1. The van der Waals surface area contributed by atoms with Crippen LogP contribution in [0.5, 0.6) is 0 Å². The molecule has 2 aromatic rings. The van der Waals surface area contributed by atoms with Gasteiger partial charge in [0, 0.05) is 5.57 Å². The van der Waals surface area contributed by atoms with Gasteiger partial charge in [0.2, 0.25) is 0 Å². The molecule has 0 unspecified atom stereocenters. The van der Waals surface area contributed by atoms with Gasteiger partial charge in [0.1, 0.15) is 0 Å². The van der Waals surface area contributed by atoms with Crippen molar-refractivity contribution in [2.75, 3.05) is 0 Å². The van der Waals surface area contributed by atoms with Crippen molar-refractivity contribution in [3.8, 4) is 0 Å². The van der Waals surface area contributed by atoms with E-state index in [1.54, 1.807) is 0 Å². The standard InChI is InChI=1S/C19H26.C4H6O2/c1-2-3-4-5-6-7-8-12-17-14-11-15-18-13-9-10-16-19(17)18;1-3(2)4(5)6/h9-11,13-16H,2-8,12H2,1H3;1H2,2H3,(H,5,6). The van der Waals surface area contributed by atoms with Gasteiger partial charge in [-0.05, 0) is 36.1 Å². The minimum atomic E-state index is -0.935. The highest BCUT2D eigenvalue weighted by Gasteiger charge is 2.00. The van der Waals surface area contributed by atoms with Crippen molar-refractivity contribution >= 4 is 16.7 Å². The number of benzene rings is 2. The number of hydrogen-bond donors (Lipinski definition) is 1. The Morgan fingerprint density at radius 3 is 2.12 bits per heavy atom. The lowest BCUT2D eigenvalue weighted by atomic mass is 9.99. The van der Waals surface area contributed by atoms with Gasteiger partial charge >= 0.3 is 5.97 Å². The number of aryl methyl sites for hydroxylation is 1. The topological polar surface area (TPSA) is 37.3 Å². The number of rotatable bonds is 9. The van der Waals surface area contributed by atoms with Crippen LogP contribution >= 0.6 is 0 Å². The Morgan fingerprint density at radius 1 is 0.920 bits per heavy atom. The van der Waals surface area contributed by atoms with Crippen LogP contribution in [0, 0.1) is 0 Å². The average Bonchev–Trinajstić information content (AvgIpc) is 2.61. The van der Waals surface area contributed by atoms with Crippen LogP contribution in [0.3, 0.4) is 0 Å². The summed E-state index contributed by atoms with van der Waals surface area (Å²) in [5.74, 6) is -0.935. The first-order valence-corrected chi connectivity index (χ1v) is 9.41. The molecule has 2 aromatic carbocycles. The van der Waals surface area contributed by atoms with Crippen LogP contribution in [-0.2, 0) is 11.2 Å². The Bertz CT molecular complexity index is 641. The molecule has 0 aliphatic heterocycles. The Balaban J connectivity index is 0.000000450. The van der Waals surface area contributed by atoms with Gasteiger partial charge in [-0.3, -0.25) is 0 Å². The lowest BCUT2D eigenvalue weighted by Crippen LogP contribution is -1.92. The fraction of sp³-hybridized carbons (Fsp3) is 0.435. The molecule has 0 heterocycles. The molecule has 0 saturated heterocycles. The van der Waals surface area contributed by atoms with Crippen LogP contribution in [0.1, 0.15) is 64.4 Å². The van der Waals surface area contributed by atoms with E-state index in [0.717, 1.165) is 0 Å². The molecular formula is C23H32O2. The summed E-state index contributed by atoms with van der Waals surface area (Å²) in [5.41, 5.74) is 1.70. The summed E-state index contributed by atoms with van der Waals surface area (Å²) in [6.07, 6.45) is 10.9. The van der Waals surface area contributed by atoms with Crippen LogP contribution in [0.25, 0.3) is 10.8 Å². The normalized spacial score (nSPS) is 10.2. The maximum absolute atomic E-state index is 9.60. The molecule has 0 fully saturated rings. The molecule has 0 radical (unpaired) electrons. The lowest BCUT2D eigenvalue weighted by molar-refractivity contribution is -0.132. The van der Waals surface area contributed by atoms with E-state index in [1.807, 2.05) is 0 Å². The van der Waals surface area contributed by atoms with E-state index in [2.05, 4.69) is 56.0 Å². The molecule has 0 atom stereocenters. The third kappa shape index (κ3) is 8.53. The van der Waals surface area contributed by atoms with E-state index < -0.39 is 5.97 Å². The van der Waals surface area contributed by atoms with Gasteiger partial charge in [-0.15, -0.1) is 0 Å². The smallest absolute Gasteiger partial charge is 0.330 e. The van der Waals surface area contributed by atoms with E-state index in [9.17, 15) is 4.79 Å². The first-order chi connectivity index (χ1) is 12.1. The number of fused-ring (bicyclic) bond motifs is 1. The molecule has 2 rings (SSSR count). The molecule has 2 nitrogen and oxygen atoms in total. The molecule has 0 aromatic heterocycles. The van der Waals surface area contributed by atoms with Crippen LogP contribution < -0.4 is 0 Å². The first kappa shape index (κ1) is 21.0. The zero-order chi connectivity index (χ0) is 18.5. The fourth-order valence-corrected chi connectivity index (χ4v) is 2.78. The Morgan fingerprint density at radius 2 is 1.48 bits per heavy atom. The molecule has 136 valence electrons. The zero-order valence-corrected chi connectivity index (χ0v) is 15.8. The van der Waals surface area contributed by atoms with Crippen molar-refractivity contribution in [2.24, 2.45) is 0 Å². The molecule has 0 aliphatic rings. The predicted molar refractivity (Wildman–Crippen MR) is 108 cm³/mol. The summed E-state index contributed by atoms with van der Waals surface area (Å²) < 4.78 is 0. The summed E-state index contributed by atoms with van der Waals surface area (Å²) >= 11 is 0. The lowest BCUT2D eigenvalue weighted by Gasteiger charge is -2.06. The highest BCUT2D eigenvalue weighted by Crippen LogP contribution is 2.20. The van der Waals surface area contributed by atoms with Crippen LogP contribution in [0.2, 0.25) is 0 Å². The Labute approximate surface area is 152 Å². The van der Waals surface area contributed by atoms with Crippen molar-refractivity contribution in [1.29, 1.82) is 0 Å². The summed E-state index contributed by atoms with van der Waals surface area (Å²) in [6, 6.07) is 15.4. The summed E-state index contributed by atoms with van der Waals surface area (Å²) in [7, 11) is 0. The SMILES string of the molecule is C=C(C)C(=O)O.CCCCCCCCCc1cccc2ccccc12. The van der Waals surface area contributed by atoms with Crippen molar-refractivity contribution in [2.45, 2.75) is 65.2 Å². The van der Waals surface area contributed by atoms with Crippen LogP contribution in [0.4, 0.5) is 0 Å². The van der Waals surface area contributed by atoms with Gasteiger partial charge in [-0.25, -0.2) is 4.79 Å². The molecule has 1 N–H and O–H groups in total. The van der Waals surface area contributed by atoms with Gasteiger partial charge in [0.15, 0.2) is 0 Å². The number of carboxylic acid groups (broad SMARTS) is 1. The van der Waals surface area contributed by atoms with E-state index in [1.165, 1.54) is 74.6 Å². The minimum absolute atomic E-state index is 0.176. The second kappa shape index (κ2) is 12.3. The molecule has 0 amide bonds. The highest BCUT2D eigenvalue weighted by molar-refractivity contribution is 5.85. The molecule has 0 spiro atoms. The molecule has 0 bridgehead atoms. The zero-order valence-electron chi connectivity index (χ0n) is 15.8. The van der Waals surface area contributed by atoms with Gasteiger partial charge in [0.25, 0.3) is 0 Å². The molecule has 2 heteroatoms. The predicted octanol–water partition coefficient (Wildman–Crippen LogP) is 6.78. The monoisotopic (exact) mass is 340 g/mol. The first-order valence-electron chi connectivity index (χ1n) is 9.41. The second-order valence-electron chi connectivity index (χ2n) is 6.60. The van der Waals surface area contributed by atoms with Crippen LogP contribution in [0.15, 0.2) is 54.6 Å². The van der Waals surface area contributed by atoms with Gasteiger partial charge in [0.05, 0.1) is 0 Å². The van der Waals surface area contributed by atoms with Crippen molar-refractivity contribution in [1.82, 2.24) is 0 Å². The third-order valence-electron chi connectivity index (χ3n) is 4.29. The number of unbranched alkanes of at least 4 members (excludes halogenated alkanes) is 6. The molecule has 0 saturated carbocycles. The maximum Gasteiger partial charge on any atom is 0.330 e. The maximum atomic E-state index is 9.60. The molecule has 0 aliphatic carbocycles. The Hall–Kier alpha value is -2.09. The van der Waals surface area contributed by atoms with E-state index >= 15 is 0 Å².